The highest BCUT2D eigenvalue weighted by molar-refractivity contribution is 7.99. The molecule has 0 unspecified atom stereocenters. The van der Waals surface area contributed by atoms with E-state index >= 15 is 0 Å². The number of anilines is 2. The minimum absolute atomic E-state index is 0.0999. The first-order valence-corrected chi connectivity index (χ1v) is 15.0. The number of hydrogen-bond donors (Lipinski definition) is 2. The van der Waals surface area contributed by atoms with Crippen molar-refractivity contribution in [3.05, 3.63) is 84.4 Å². The average Bonchev–Trinajstić information content (AvgIpc) is 3.25. The first-order valence-electron chi connectivity index (χ1n) is 12.1. The Morgan fingerprint density at radius 3 is 2.38 bits per heavy atom. The number of carbonyl (C=O) groups excluding carboxylic acids is 1. The van der Waals surface area contributed by atoms with Crippen LogP contribution in [0.25, 0.3) is 11.0 Å². The van der Waals surface area contributed by atoms with Gasteiger partial charge in [-0.2, -0.15) is 4.31 Å². The van der Waals surface area contributed by atoms with Crippen molar-refractivity contribution in [1.82, 2.24) is 9.29 Å². The number of amides is 1. The van der Waals surface area contributed by atoms with Gasteiger partial charge in [0.15, 0.2) is 11.0 Å². The van der Waals surface area contributed by atoms with E-state index in [1.807, 2.05) is 60.7 Å². The number of sulfonamides is 1. The molecule has 0 saturated carbocycles. The number of aromatic nitrogens is 2. The lowest BCUT2D eigenvalue weighted by molar-refractivity contribution is -0.700. The van der Waals surface area contributed by atoms with Crippen LogP contribution in [0.5, 0.6) is 0 Å². The summed E-state index contributed by atoms with van der Waals surface area (Å²) in [5, 5.41) is 3.99. The molecule has 0 atom stereocenters. The highest BCUT2D eigenvalue weighted by Gasteiger charge is 2.25. The molecule has 2 N–H and O–H groups in total. The summed E-state index contributed by atoms with van der Waals surface area (Å²) in [4.78, 5) is 18.6. The van der Waals surface area contributed by atoms with E-state index in [9.17, 15) is 13.2 Å². The van der Waals surface area contributed by atoms with Crippen LogP contribution in [0.3, 0.4) is 0 Å². The third-order valence-corrected chi connectivity index (χ3v) is 8.74. The standard InChI is InChI=1S/C27H29N5O3S2/c1-37(34,35)31-17-15-30(16-18-31)24-13-7-5-11-22(24)28-26(33)20-36-27-29-23-12-6-8-14-25(23)32(27)19-21-9-3-2-4-10-21/h2-14H,15-20H2,1H3,(H,28,33)/p+1. The summed E-state index contributed by atoms with van der Waals surface area (Å²) in [6, 6.07) is 26.1. The van der Waals surface area contributed by atoms with Gasteiger partial charge in [0.2, 0.25) is 15.9 Å². The van der Waals surface area contributed by atoms with Gasteiger partial charge in [-0.3, -0.25) is 4.79 Å². The van der Waals surface area contributed by atoms with Gasteiger partial charge >= 0.3 is 5.16 Å². The molecule has 10 heteroatoms. The van der Waals surface area contributed by atoms with Gasteiger partial charge in [0.05, 0.1) is 23.4 Å². The number of nitrogens with one attached hydrogen (secondary N) is 2. The number of hydrogen-bond acceptors (Lipinski definition) is 5. The van der Waals surface area contributed by atoms with Crippen LogP contribution in [-0.4, -0.2) is 61.8 Å². The van der Waals surface area contributed by atoms with Crippen molar-refractivity contribution in [3.8, 4) is 0 Å². The molecule has 1 saturated heterocycles. The Kier molecular flexibility index (Phi) is 7.50. The molecule has 3 aromatic carbocycles. The van der Waals surface area contributed by atoms with Gasteiger partial charge in [-0.05, 0) is 41.6 Å². The summed E-state index contributed by atoms with van der Waals surface area (Å²) in [5.74, 6) is 0.148. The van der Waals surface area contributed by atoms with Crippen LogP contribution in [0, 0.1) is 0 Å². The van der Waals surface area contributed by atoms with Gasteiger partial charge in [-0.15, -0.1) is 0 Å². The van der Waals surface area contributed by atoms with E-state index in [0.717, 1.165) is 27.6 Å². The Bertz CT molecular complexity index is 1500. The van der Waals surface area contributed by atoms with Gasteiger partial charge in [0.1, 0.15) is 6.54 Å². The fourth-order valence-corrected chi connectivity index (χ4v) is 6.25. The molecule has 1 aliphatic rings. The number of carbonyl (C=O) groups is 1. The van der Waals surface area contributed by atoms with Crippen molar-refractivity contribution in [2.75, 3.05) is 48.4 Å². The Hall–Kier alpha value is -3.34. The van der Waals surface area contributed by atoms with Crippen molar-refractivity contribution in [1.29, 1.82) is 0 Å². The zero-order chi connectivity index (χ0) is 25.8. The molecule has 0 spiro atoms. The number of para-hydroxylation sites is 4. The molecule has 1 aliphatic heterocycles. The number of fused-ring (bicyclic) bond motifs is 1. The molecule has 1 fully saturated rings. The van der Waals surface area contributed by atoms with E-state index in [1.54, 1.807) is 0 Å². The summed E-state index contributed by atoms with van der Waals surface area (Å²) >= 11 is 1.47. The number of aromatic amines is 1. The molecule has 5 rings (SSSR count). The second-order valence-corrected chi connectivity index (χ2v) is 12.0. The Labute approximate surface area is 221 Å². The summed E-state index contributed by atoms with van der Waals surface area (Å²) in [6.45, 7) is 2.71. The summed E-state index contributed by atoms with van der Waals surface area (Å²) in [7, 11) is -3.20. The minimum Gasteiger partial charge on any atom is -0.367 e. The predicted octanol–water partition coefficient (Wildman–Crippen LogP) is 3.32. The molecule has 192 valence electrons. The minimum atomic E-state index is -3.20. The van der Waals surface area contributed by atoms with Gasteiger partial charge in [0.25, 0.3) is 0 Å². The monoisotopic (exact) mass is 536 g/mol. The maximum Gasteiger partial charge on any atom is 0.317 e. The maximum atomic E-state index is 13.0. The number of rotatable bonds is 8. The highest BCUT2D eigenvalue weighted by Crippen LogP contribution is 2.27. The molecular formula is C27H30N5O3S2+. The number of H-pyrrole nitrogens is 1. The molecule has 0 bridgehead atoms. The smallest absolute Gasteiger partial charge is 0.317 e. The molecule has 37 heavy (non-hydrogen) atoms. The average molecular weight is 537 g/mol. The predicted molar refractivity (Wildman–Crippen MR) is 148 cm³/mol. The molecule has 0 radical (unpaired) electrons. The number of benzene rings is 3. The number of piperazine rings is 1. The number of thioether (sulfide) groups is 1. The summed E-state index contributed by atoms with van der Waals surface area (Å²) in [5.41, 5.74) is 4.94. The van der Waals surface area contributed by atoms with Crippen molar-refractivity contribution in [3.63, 3.8) is 0 Å². The van der Waals surface area contributed by atoms with Crippen LogP contribution in [0.1, 0.15) is 5.56 Å². The molecule has 4 aromatic rings. The van der Waals surface area contributed by atoms with Crippen molar-refractivity contribution >= 4 is 50.1 Å². The molecular weight excluding hydrogens is 506 g/mol. The van der Waals surface area contributed by atoms with Crippen molar-refractivity contribution in [2.24, 2.45) is 0 Å². The number of nitrogens with zero attached hydrogens (tertiary/aromatic N) is 3. The summed E-state index contributed by atoms with van der Waals surface area (Å²) < 4.78 is 27.4. The second kappa shape index (κ2) is 11.0. The zero-order valence-corrected chi connectivity index (χ0v) is 22.3. The van der Waals surface area contributed by atoms with Crippen LogP contribution < -0.4 is 14.8 Å². The fraction of sp³-hybridized carbons (Fsp3) is 0.259. The summed E-state index contributed by atoms with van der Waals surface area (Å²) in [6.07, 6.45) is 1.24. The quantitative estimate of drug-likeness (QED) is 0.266. The van der Waals surface area contributed by atoms with E-state index < -0.39 is 10.0 Å². The van der Waals surface area contributed by atoms with E-state index in [0.29, 0.717) is 32.7 Å². The molecule has 1 amide bonds. The van der Waals surface area contributed by atoms with E-state index in [2.05, 4.69) is 38.0 Å². The van der Waals surface area contributed by atoms with Crippen LogP contribution >= 0.6 is 11.8 Å². The van der Waals surface area contributed by atoms with E-state index in [4.69, 9.17) is 0 Å². The van der Waals surface area contributed by atoms with Gasteiger partial charge in [-0.25, -0.2) is 18.0 Å². The van der Waals surface area contributed by atoms with Gasteiger partial charge in [-0.1, -0.05) is 54.6 Å². The molecule has 8 nitrogen and oxygen atoms in total. The Morgan fingerprint density at radius 1 is 0.946 bits per heavy atom. The lowest BCUT2D eigenvalue weighted by Crippen LogP contribution is -2.48. The Balaban J connectivity index is 1.28. The van der Waals surface area contributed by atoms with Gasteiger partial charge < -0.3 is 10.2 Å². The zero-order valence-electron chi connectivity index (χ0n) is 20.6. The molecule has 1 aromatic heterocycles. The lowest BCUT2D eigenvalue weighted by Gasteiger charge is -2.35. The second-order valence-electron chi connectivity index (χ2n) is 9.02. The fourth-order valence-electron chi connectivity index (χ4n) is 4.58. The van der Waals surface area contributed by atoms with E-state index in [1.165, 1.54) is 27.9 Å². The maximum absolute atomic E-state index is 13.0. The van der Waals surface area contributed by atoms with Crippen molar-refractivity contribution < 1.29 is 17.8 Å². The van der Waals surface area contributed by atoms with Crippen LogP contribution in [-0.2, 0) is 21.4 Å². The van der Waals surface area contributed by atoms with Crippen LogP contribution in [0.4, 0.5) is 11.4 Å². The van der Waals surface area contributed by atoms with Gasteiger partial charge in [0, 0.05) is 26.2 Å². The van der Waals surface area contributed by atoms with Crippen LogP contribution in [0.2, 0.25) is 0 Å². The number of imidazole rings is 1. The molecule has 2 heterocycles. The van der Waals surface area contributed by atoms with Crippen molar-refractivity contribution in [2.45, 2.75) is 11.7 Å². The highest BCUT2D eigenvalue weighted by atomic mass is 32.2. The first kappa shape index (κ1) is 25.3. The van der Waals surface area contributed by atoms with E-state index in [-0.39, 0.29) is 11.7 Å². The van der Waals surface area contributed by atoms with Crippen LogP contribution in [0.15, 0.2) is 84.0 Å². The molecule has 0 aliphatic carbocycles. The largest absolute Gasteiger partial charge is 0.367 e. The third-order valence-electron chi connectivity index (χ3n) is 6.43. The SMILES string of the molecule is CS(=O)(=O)N1CCN(c2ccccc2NC(=O)CSc2[nH]c3ccccc3[n+]2Cc2ccccc2)CC1. The topological polar surface area (TPSA) is 89.4 Å². The Morgan fingerprint density at radius 2 is 1.62 bits per heavy atom. The third kappa shape index (κ3) is 5.98. The first-order chi connectivity index (χ1) is 17.9. The lowest BCUT2D eigenvalue weighted by atomic mass is 10.2. The normalized spacial score (nSPS) is 14.7.